The topological polar surface area (TPSA) is 81.7 Å². The van der Waals surface area contributed by atoms with E-state index in [2.05, 4.69) is 10.1 Å². The van der Waals surface area contributed by atoms with E-state index >= 15 is 0 Å². The first-order valence-electron chi connectivity index (χ1n) is 6.86. The van der Waals surface area contributed by atoms with Crippen molar-refractivity contribution in [2.24, 2.45) is 0 Å². The molecule has 0 spiro atoms. The fourth-order valence-electron chi connectivity index (χ4n) is 1.70. The second-order valence-corrected chi connectivity index (χ2v) is 5.82. The average molecular weight is 307 g/mol. The molecule has 0 heterocycles. The summed E-state index contributed by atoms with van der Waals surface area (Å²) in [4.78, 5) is 35.7. The van der Waals surface area contributed by atoms with Crippen molar-refractivity contribution in [2.45, 2.75) is 39.3 Å². The molecule has 1 amide bonds. The molecule has 1 atom stereocenters. The van der Waals surface area contributed by atoms with E-state index in [1.54, 1.807) is 12.1 Å². The number of methoxy groups -OCH3 is 1. The predicted molar refractivity (Wildman–Crippen MR) is 80.6 cm³/mol. The van der Waals surface area contributed by atoms with Crippen LogP contribution in [-0.4, -0.2) is 36.6 Å². The SMILES string of the molecule is COC(=O)c1ccccc1C(=O)OC(C)C(=O)NC(C)(C)C. The Kier molecular flexibility index (Phi) is 5.68. The Hall–Kier alpha value is -2.37. The molecule has 1 unspecified atom stereocenters. The van der Waals surface area contributed by atoms with Crippen LogP contribution in [0.1, 0.15) is 48.4 Å². The van der Waals surface area contributed by atoms with Crippen LogP contribution in [0.3, 0.4) is 0 Å². The largest absolute Gasteiger partial charge is 0.465 e. The van der Waals surface area contributed by atoms with Crippen molar-refractivity contribution in [3.8, 4) is 0 Å². The van der Waals surface area contributed by atoms with Crippen molar-refractivity contribution in [2.75, 3.05) is 7.11 Å². The van der Waals surface area contributed by atoms with Gasteiger partial charge >= 0.3 is 11.9 Å². The van der Waals surface area contributed by atoms with Gasteiger partial charge in [-0.2, -0.15) is 0 Å². The molecule has 6 heteroatoms. The van der Waals surface area contributed by atoms with Crippen LogP contribution in [0, 0.1) is 0 Å². The van der Waals surface area contributed by atoms with Gasteiger partial charge in [0.25, 0.3) is 5.91 Å². The highest BCUT2D eigenvalue weighted by molar-refractivity contribution is 6.03. The van der Waals surface area contributed by atoms with Crippen LogP contribution in [0.15, 0.2) is 24.3 Å². The molecular formula is C16H21NO5. The highest BCUT2D eigenvalue weighted by Gasteiger charge is 2.25. The first kappa shape index (κ1) is 17.7. The zero-order chi connectivity index (χ0) is 16.9. The van der Waals surface area contributed by atoms with Gasteiger partial charge in [0, 0.05) is 5.54 Å². The molecule has 0 bridgehead atoms. The van der Waals surface area contributed by atoms with Crippen molar-refractivity contribution in [1.82, 2.24) is 5.32 Å². The van der Waals surface area contributed by atoms with Gasteiger partial charge in [0.1, 0.15) is 0 Å². The molecule has 0 aromatic heterocycles. The Morgan fingerprint density at radius 2 is 1.55 bits per heavy atom. The number of carbonyl (C=O) groups is 3. The molecule has 0 saturated heterocycles. The molecule has 0 fully saturated rings. The van der Waals surface area contributed by atoms with Gasteiger partial charge in [-0.25, -0.2) is 9.59 Å². The summed E-state index contributed by atoms with van der Waals surface area (Å²) < 4.78 is 9.74. The third kappa shape index (κ3) is 4.87. The highest BCUT2D eigenvalue weighted by atomic mass is 16.5. The lowest BCUT2D eigenvalue weighted by Gasteiger charge is -2.23. The van der Waals surface area contributed by atoms with Gasteiger partial charge in [0.15, 0.2) is 6.10 Å². The summed E-state index contributed by atoms with van der Waals surface area (Å²) >= 11 is 0. The van der Waals surface area contributed by atoms with E-state index in [1.165, 1.54) is 26.2 Å². The minimum absolute atomic E-state index is 0.0600. The number of rotatable bonds is 4. The van der Waals surface area contributed by atoms with Crippen LogP contribution >= 0.6 is 0 Å². The lowest BCUT2D eigenvalue weighted by Crippen LogP contribution is -2.46. The summed E-state index contributed by atoms with van der Waals surface area (Å²) in [5.74, 6) is -1.80. The van der Waals surface area contributed by atoms with E-state index in [9.17, 15) is 14.4 Å². The number of nitrogens with one attached hydrogen (secondary N) is 1. The van der Waals surface area contributed by atoms with E-state index in [1.807, 2.05) is 20.8 Å². The van der Waals surface area contributed by atoms with Crippen molar-refractivity contribution in [1.29, 1.82) is 0 Å². The molecule has 22 heavy (non-hydrogen) atoms. The molecule has 1 rings (SSSR count). The zero-order valence-electron chi connectivity index (χ0n) is 13.4. The van der Waals surface area contributed by atoms with Gasteiger partial charge in [0.2, 0.25) is 0 Å². The zero-order valence-corrected chi connectivity index (χ0v) is 13.4. The van der Waals surface area contributed by atoms with Crippen molar-refractivity contribution in [3.63, 3.8) is 0 Å². The van der Waals surface area contributed by atoms with Crippen molar-refractivity contribution in [3.05, 3.63) is 35.4 Å². The molecule has 1 aromatic carbocycles. The maximum Gasteiger partial charge on any atom is 0.339 e. The van der Waals surface area contributed by atoms with Crippen LogP contribution < -0.4 is 5.32 Å². The minimum Gasteiger partial charge on any atom is -0.465 e. The maximum atomic E-state index is 12.2. The summed E-state index contributed by atoms with van der Waals surface area (Å²) in [5, 5.41) is 2.72. The standard InChI is InChI=1S/C16H21NO5/c1-10(13(18)17-16(2,3)4)22-15(20)12-9-7-6-8-11(12)14(19)21-5/h6-10H,1-5H3,(H,17,18). The average Bonchev–Trinajstić information content (AvgIpc) is 2.44. The third-order valence-corrected chi connectivity index (χ3v) is 2.70. The fourth-order valence-corrected chi connectivity index (χ4v) is 1.70. The second kappa shape index (κ2) is 7.06. The fraction of sp³-hybridized carbons (Fsp3) is 0.438. The summed E-state index contributed by atoms with van der Waals surface area (Å²) in [6.07, 6.45) is -0.975. The van der Waals surface area contributed by atoms with E-state index < -0.39 is 29.5 Å². The third-order valence-electron chi connectivity index (χ3n) is 2.70. The predicted octanol–water partition coefficient (Wildman–Crippen LogP) is 1.93. The Labute approximate surface area is 129 Å². The number of hydrogen-bond acceptors (Lipinski definition) is 5. The van der Waals surface area contributed by atoms with Gasteiger partial charge in [-0.1, -0.05) is 12.1 Å². The first-order valence-corrected chi connectivity index (χ1v) is 6.86. The van der Waals surface area contributed by atoms with Crippen LogP contribution in [0.25, 0.3) is 0 Å². The number of carbonyl (C=O) groups excluding carboxylic acids is 3. The van der Waals surface area contributed by atoms with Gasteiger partial charge in [-0.15, -0.1) is 0 Å². The lowest BCUT2D eigenvalue weighted by atomic mass is 10.1. The van der Waals surface area contributed by atoms with Crippen LogP contribution in [-0.2, 0) is 14.3 Å². The number of benzene rings is 1. The molecule has 0 radical (unpaired) electrons. The summed E-state index contributed by atoms with van der Waals surface area (Å²) in [6.45, 7) is 6.95. The molecule has 0 saturated carbocycles. The van der Waals surface area contributed by atoms with Crippen molar-refractivity contribution >= 4 is 17.8 Å². The monoisotopic (exact) mass is 307 g/mol. The van der Waals surface area contributed by atoms with Crippen LogP contribution in [0.4, 0.5) is 0 Å². The van der Waals surface area contributed by atoms with E-state index in [0.29, 0.717) is 0 Å². The van der Waals surface area contributed by atoms with Gasteiger partial charge in [-0.3, -0.25) is 4.79 Å². The number of esters is 2. The second-order valence-electron chi connectivity index (χ2n) is 5.82. The first-order chi connectivity index (χ1) is 10.2. The van der Waals surface area contributed by atoms with Crippen molar-refractivity contribution < 1.29 is 23.9 Å². The molecular weight excluding hydrogens is 286 g/mol. The minimum atomic E-state index is -0.975. The normalized spacial score (nSPS) is 12.2. The number of hydrogen-bond donors (Lipinski definition) is 1. The van der Waals surface area contributed by atoms with E-state index in [-0.39, 0.29) is 11.1 Å². The van der Waals surface area contributed by atoms with Crippen LogP contribution in [0.2, 0.25) is 0 Å². The molecule has 1 aromatic rings. The number of amides is 1. The Morgan fingerprint density at radius 3 is 2.00 bits per heavy atom. The lowest BCUT2D eigenvalue weighted by molar-refractivity contribution is -0.130. The van der Waals surface area contributed by atoms with Crippen LogP contribution in [0.5, 0.6) is 0 Å². The number of ether oxygens (including phenoxy) is 2. The Morgan fingerprint density at radius 1 is 1.05 bits per heavy atom. The molecule has 0 aliphatic heterocycles. The molecule has 0 aliphatic carbocycles. The quantitative estimate of drug-likeness (QED) is 0.860. The van der Waals surface area contributed by atoms with Gasteiger partial charge < -0.3 is 14.8 Å². The summed E-state index contributed by atoms with van der Waals surface area (Å²) in [6, 6.07) is 6.12. The molecule has 6 nitrogen and oxygen atoms in total. The molecule has 120 valence electrons. The maximum absolute atomic E-state index is 12.2. The van der Waals surface area contributed by atoms with Gasteiger partial charge in [0.05, 0.1) is 18.2 Å². The molecule has 0 aliphatic rings. The Balaban J connectivity index is 2.86. The van der Waals surface area contributed by atoms with E-state index in [0.717, 1.165) is 0 Å². The van der Waals surface area contributed by atoms with Gasteiger partial charge in [-0.05, 0) is 39.8 Å². The Bertz CT molecular complexity index is 574. The van der Waals surface area contributed by atoms with E-state index in [4.69, 9.17) is 4.74 Å². The summed E-state index contributed by atoms with van der Waals surface area (Å²) in [5.41, 5.74) is -0.273. The molecule has 1 N–H and O–H groups in total. The highest BCUT2D eigenvalue weighted by Crippen LogP contribution is 2.13. The smallest absolute Gasteiger partial charge is 0.339 e. The summed E-state index contributed by atoms with van der Waals surface area (Å²) in [7, 11) is 1.23.